The van der Waals surface area contributed by atoms with Crippen molar-refractivity contribution >= 4 is 17.3 Å². The van der Waals surface area contributed by atoms with Crippen LogP contribution < -0.4 is 10.6 Å². The number of para-hydroxylation sites is 1. The van der Waals surface area contributed by atoms with Crippen LogP contribution in [0.5, 0.6) is 0 Å². The minimum Gasteiger partial charge on any atom is -0.360 e. The van der Waals surface area contributed by atoms with Gasteiger partial charge in [-0.1, -0.05) is 37.3 Å². The molecule has 1 amide bonds. The van der Waals surface area contributed by atoms with Gasteiger partial charge in [-0.25, -0.2) is 0 Å². The monoisotopic (exact) mass is 333 g/mol. The molecule has 0 atom stereocenters. The summed E-state index contributed by atoms with van der Waals surface area (Å²) in [6.07, 6.45) is 2.27. The van der Waals surface area contributed by atoms with Crippen LogP contribution in [0.15, 0.2) is 48.2 Å². The Balaban J connectivity index is 2.22. The van der Waals surface area contributed by atoms with Crippen LogP contribution in [0.3, 0.4) is 0 Å². The van der Waals surface area contributed by atoms with E-state index in [9.17, 15) is 10.1 Å². The SMILES string of the molecule is CCc1cccc(C)c1NC(=O)/C(C#N)=C\Nc1cc(C)ccc1C. The van der Waals surface area contributed by atoms with E-state index in [-0.39, 0.29) is 5.57 Å². The van der Waals surface area contributed by atoms with E-state index in [2.05, 4.69) is 10.6 Å². The maximum absolute atomic E-state index is 12.5. The first-order chi connectivity index (χ1) is 12.0. The molecule has 4 heteroatoms. The number of hydrogen-bond acceptors (Lipinski definition) is 3. The van der Waals surface area contributed by atoms with E-state index in [4.69, 9.17) is 0 Å². The lowest BCUT2D eigenvalue weighted by Crippen LogP contribution is -2.16. The number of nitrogens with zero attached hydrogens (tertiary/aromatic N) is 1. The van der Waals surface area contributed by atoms with E-state index < -0.39 is 5.91 Å². The lowest BCUT2D eigenvalue weighted by Gasteiger charge is -2.13. The van der Waals surface area contributed by atoms with Gasteiger partial charge in [0.25, 0.3) is 5.91 Å². The summed E-state index contributed by atoms with van der Waals surface area (Å²) < 4.78 is 0. The molecule has 2 rings (SSSR count). The van der Waals surface area contributed by atoms with Crippen LogP contribution >= 0.6 is 0 Å². The predicted octanol–water partition coefficient (Wildman–Crippen LogP) is 4.63. The van der Waals surface area contributed by atoms with E-state index in [1.54, 1.807) is 0 Å². The predicted molar refractivity (Wildman–Crippen MR) is 102 cm³/mol. The van der Waals surface area contributed by atoms with E-state index in [1.165, 1.54) is 6.20 Å². The Labute approximate surface area is 149 Å². The topological polar surface area (TPSA) is 64.9 Å². The molecule has 25 heavy (non-hydrogen) atoms. The van der Waals surface area contributed by atoms with Crippen molar-refractivity contribution < 1.29 is 4.79 Å². The van der Waals surface area contributed by atoms with E-state index in [0.29, 0.717) is 0 Å². The molecular weight excluding hydrogens is 310 g/mol. The maximum Gasteiger partial charge on any atom is 0.267 e. The summed E-state index contributed by atoms with van der Waals surface area (Å²) in [5, 5.41) is 15.3. The normalized spacial score (nSPS) is 10.9. The Bertz CT molecular complexity index is 860. The van der Waals surface area contributed by atoms with E-state index >= 15 is 0 Å². The summed E-state index contributed by atoms with van der Waals surface area (Å²) in [4.78, 5) is 12.5. The maximum atomic E-state index is 12.5. The number of amides is 1. The van der Waals surface area contributed by atoms with Crippen molar-refractivity contribution in [1.29, 1.82) is 5.26 Å². The largest absolute Gasteiger partial charge is 0.360 e. The van der Waals surface area contributed by atoms with Crippen molar-refractivity contribution in [1.82, 2.24) is 0 Å². The van der Waals surface area contributed by atoms with Gasteiger partial charge in [0.15, 0.2) is 0 Å². The van der Waals surface area contributed by atoms with Gasteiger partial charge in [0.05, 0.1) is 0 Å². The standard InChI is InChI=1S/C21H23N3O/c1-5-17-8-6-7-16(4)20(17)24-21(25)18(12-22)13-23-19-11-14(2)9-10-15(19)3/h6-11,13,23H,5H2,1-4H3,(H,24,25)/b18-13-. The smallest absolute Gasteiger partial charge is 0.267 e. The molecular formula is C21H23N3O. The fourth-order valence-electron chi connectivity index (χ4n) is 2.57. The molecule has 0 aliphatic carbocycles. The van der Waals surface area contributed by atoms with Crippen LogP contribution in [0.4, 0.5) is 11.4 Å². The van der Waals surface area contributed by atoms with Gasteiger partial charge in [0.2, 0.25) is 0 Å². The lowest BCUT2D eigenvalue weighted by molar-refractivity contribution is -0.112. The molecule has 0 radical (unpaired) electrons. The van der Waals surface area contributed by atoms with Crippen molar-refractivity contribution in [3.63, 3.8) is 0 Å². The minimum absolute atomic E-state index is 0.0335. The number of carbonyl (C=O) groups excluding carboxylic acids is 1. The Morgan fingerprint density at radius 1 is 1.16 bits per heavy atom. The number of anilines is 2. The first kappa shape index (κ1) is 18.3. The quantitative estimate of drug-likeness (QED) is 0.619. The molecule has 0 saturated carbocycles. The second kappa shape index (κ2) is 8.16. The summed E-state index contributed by atoms with van der Waals surface area (Å²) >= 11 is 0. The van der Waals surface area contributed by atoms with Gasteiger partial charge in [-0.05, 0) is 55.5 Å². The summed E-state index contributed by atoms with van der Waals surface area (Å²) in [5.74, 6) is -0.413. The molecule has 0 aliphatic heterocycles. The van der Waals surface area contributed by atoms with Gasteiger partial charge < -0.3 is 10.6 Å². The van der Waals surface area contributed by atoms with E-state index in [0.717, 1.165) is 40.0 Å². The average molecular weight is 333 g/mol. The molecule has 0 spiro atoms. The Kier molecular flexibility index (Phi) is 5.97. The molecule has 0 heterocycles. The second-order valence-electron chi connectivity index (χ2n) is 6.05. The number of rotatable bonds is 5. The molecule has 0 bridgehead atoms. The van der Waals surface area contributed by atoms with E-state index in [1.807, 2.05) is 70.2 Å². The molecule has 0 fully saturated rings. The molecule has 0 saturated heterocycles. The highest BCUT2D eigenvalue weighted by Crippen LogP contribution is 2.22. The number of hydrogen-bond donors (Lipinski definition) is 2. The number of benzene rings is 2. The second-order valence-corrected chi connectivity index (χ2v) is 6.05. The molecule has 2 aromatic carbocycles. The molecule has 0 aromatic heterocycles. The molecule has 2 aromatic rings. The zero-order valence-corrected chi connectivity index (χ0v) is 15.1. The van der Waals surface area contributed by atoms with Gasteiger partial charge in [-0.15, -0.1) is 0 Å². The van der Waals surface area contributed by atoms with Crippen molar-refractivity contribution in [2.24, 2.45) is 0 Å². The molecule has 2 N–H and O–H groups in total. The summed E-state index contributed by atoms with van der Waals surface area (Å²) in [7, 11) is 0. The summed E-state index contributed by atoms with van der Waals surface area (Å²) in [6, 6.07) is 13.9. The van der Waals surface area contributed by atoms with Gasteiger partial charge in [0, 0.05) is 17.6 Å². The number of nitrogens with one attached hydrogen (secondary N) is 2. The third-order valence-electron chi connectivity index (χ3n) is 4.11. The molecule has 4 nitrogen and oxygen atoms in total. The van der Waals surface area contributed by atoms with Gasteiger partial charge in [0.1, 0.15) is 11.6 Å². The highest BCUT2D eigenvalue weighted by atomic mass is 16.1. The minimum atomic E-state index is -0.413. The Hall–Kier alpha value is -3.06. The summed E-state index contributed by atoms with van der Waals surface area (Å²) in [6.45, 7) is 7.95. The number of nitriles is 1. The zero-order chi connectivity index (χ0) is 18.4. The lowest BCUT2D eigenvalue weighted by atomic mass is 10.1. The highest BCUT2D eigenvalue weighted by molar-refractivity contribution is 6.07. The van der Waals surface area contributed by atoms with Gasteiger partial charge >= 0.3 is 0 Å². The van der Waals surface area contributed by atoms with Crippen molar-refractivity contribution in [3.8, 4) is 6.07 Å². The van der Waals surface area contributed by atoms with Crippen LogP contribution in [-0.4, -0.2) is 5.91 Å². The van der Waals surface area contributed by atoms with Gasteiger partial charge in [-0.2, -0.15) is 5.26 Å². The Morgan fingerprint density at radius 3 is 2.60 bits per heavy atom. The molecule has 128 valence electrons. The van der Waals surface area contributed by atoms with Crippen LogP contribution in [0, 0.1) is 32.1 Å². The number of aryl methyl sites for hydroxylation is 4. The fraction of sp³-hybridized carbons (Fsp3) is 0.238. The Morgan fingerprint density at radius 2 is 1.92 bits per heavy atom. The first-order valence-corrected chi connectivity index (χ1v) is 8.30. The van der Waals surface area contributed by atoms with Gasteiger partial charge in [-0.3, -0.25) is 4.79 Å². The molecule has 0 unspecified atom stereocenters. The van der Waals surface area contributed by atoms with Crippen LogP contribution in [0.25, 0.3) is 0 Å². The van der Waals surface area contributed by atoms with Crippen LogP contribution in [-0.2, 0) is 11.2 Å². The van der Waals surface area contributed by atoms with Crippen molar-refractivity contribution in [2.75, 3.05) is 10.6 Å². The zero-order valence-electron chi connectivity index (χ0n) is 15.1. The first-order valence-electron chi connectivity index (χ1n) is 8.30. The average Bonchev–Trinajstić information content (AvgIpc) is 2.60. The fourth-order valence-corrected chi connectivity index (χ4v) is 2.57. The van der Waals surface area contributed by atoms with Crippen LogP contribution in [0.2, 0.25) is 0 Å². The van der Waals surface area contributed by atoms with Crippen LogP contribution in [0.1, 0.15) is 29.2 Å². The summed E-state index contributed by atoms with van der Waals surface area (Å²) in [5.41, 5.74) is 5.88. The van der Waals surface area contributed by atoms with Crippen molar-refractivity contribution in [2.45, 2.75) is 34.1 Å². The number of carbonyl (C=O) groups is 1. The third-order valence-corrected chi connectivity index (χ3v) is 4.11. The third kappa shape index (κ3) is 4.48. The molecule has 0 aliphatic rings. The van der Waals surface area contributed by atoms with Crippen molar-refractivity contribution in [3.05, 3.63) is 70.4 Å². The highest BCUT2D eigenvalue weighted by Gasteiger charge is 2.13.